The van der Waals surface area contributed by atoms with Crippen molar-refractivity contribution in [3.63, 3.8) is 0 Å². The van der Waals surface area contributed by atoms with E-state index in [1.807, 2.05) is 17.0 Å². The zero-order valence-corrected chi connectivity index (χ0v) is 15.8. The van der Waals surface area contributed by atoms with E-state index >= 15 is 0 Å². The van der Waals surface area contributed by atoms with E-state index in [9.17, 15) is 9.59 Å². The van der Waals surface area contributed by atoms with Crippen LogP contribution in [0, 0.1) is 0 Å². The Morgan fingerprint density at radius 3 is 2.19 bits per heavy atom. The van der Waals surface area contributed by atoms with Gasteiger partial charge in [-0.2, -0.15) is 0 Å². The first-order chi connectivity index (χ1) is 12.4. The van der Waals surface area contributed by atoms with Crippen LogP contribution in [-0.2, 0) is 11.3 Å². The molecule has 0 bridgehead atoms. The van der Waals surface area contributed by atoms with Gasteiger partial charge in [0.1, 0.15) is 0 Å². The molecule has 142 valence electrons. The molecule has 1 aromatic rings. The zero-order chi connectivity index (χ0) is 18.7. The predicted molar refractivity (Wildman–Crippen MR) is 101 cm³/mol. The Balaban J connectivity index is 1.67. The monoisotopic (exact) mass is 380 g/mol. The highest BCUT2D eigenvalue weighted by Crippen LogP contribution is 2.27. The van der Waals surface area contributed by atoms with Crippen LogP contribution in [0.4, 0.5) is 10.5 Å². The van der Waals surface area contributed by atoms with E-state index in [2.05, 4.69) is 15.9 Å². The Hall–Kier alpha value is -1.99. The van der Waals surface area contributed by atoms with Crippen LogP contribution < -0.4 is 4.90 Å². The molecule has 7 nitrogen and oxygen atoms in total. The number of nitrogens with zero attached hydrogens (tertiary/aromatic N) is 4. The molecule has 2 aliphatic rings. The van der Waals surface area contributed by atoms with E-state index in [-0.39, 0.29) is 5.91 Å². The fourth-order valence-corrected chi connectivity index (χ4v) is 3.73. The van der Waals surface area contributed by atoms with Gasteiger partial charge < -0.3 is 19.8 Å². The molecule has 3 rings (SSSR count). The Kier molecular flexibility index (Phi) is 5.88. The third-order valence-electron chi connectivity index (χ3n) is 5.15. The number of carbonyl (C=O) groups is 2. The average molecular weight is 381 g/mol. The number of amides is 2. The number of anilines is 1. The Morgan fingerprint density at radius 2 is 1.62 bits per heavy atom. The van der Waals surface area contributed by atoms with E-state index in [1.165, 1.54) is 10.5 Å². The number of piperazine rings is 2. The van der Waals surface area contributed by atoms with Gasteiger partial charge in [0.25, 0.3) is 0 Å². The van der Waals surface area contributed by atoms with E-state index in [0.717, 1.165) is 51.5 Å². The molecule has 2 fully saturated rings. The summed E-state index contributed by atoms with van der Waals surface area (Å²) < 4.78 is 0. The fourth-order valence-electron chi connectivity index (χ4n) is 3.57. The maximum atomic E-state index is 11.5. The quantitative estimate of drug-likeness (QED) is 0.866. The highest BCUT2D eigenvalue weighted by Gasteiger charge is 2.24. The minimum absolute atomic E-state index is 0.118. The molecule has 0 aliphatic carbocycles. The Bertz CT molecular complexity index is 668. The molecule has 2 aliphatic heterocycles. The zero-order valence-electron chi connectivity index (χ0n) is 15.0. The van der Waals surface area contributed by atoms with Crippen molar-refractivity contribution in [2.75, 3.05) is 57.3 Å². The molecule has 0 aromatic heterocycles. The van der Waals surface area contributed by atoms with E-state index in [1.54, 1.807) is 6.92 Å². The molecular weight excluding hydrogens is 356 g/mol. The SMILES string of the molecule is CC(=O)N1CCN(c2cc(Cl)ccc2CN2CCN(C(=O)O)CC2)CC1. The summed E-state index contributed by atoms with van der Waals surface area (Å²) in [5.74, 6) is 0.118. The fraction of sp³-hybridized carbons (Fsp3) is 0.556. The molecule has 2 amide bonds. The molecule has 0 atom stereocenters. The summed E-state index contributed by atoms with van der Waals surface area (Å²) in [6, 6.07) is 5.95. The van der Waals surface area contributed by atoms with Crippen molar-refractivity contribution < 1.29 is 14.7 Å². The number of halogens is 1. The number of hydrogen-bond acceptors (Lipinski definition) is 4. The lowest BCUT2D eigenvalue weighted by Gasteiger charge is -2.38. The maximum absolute atomic E-state index is 11.5. The summed E-state index contributed by atoms with van der Waals surface area (Å²) in [7, 11) is 0. The lowest BCUT2D eigenvalue weighted by Crippen LogP contribution is -2.49. The van der Waals surface area contributed by atoms with Gasteiger partial charge in [-0.3, -0.25) is 9.69 Å². The summed E-state index contributed by atoms with van der Waals surface area (Å²) >= 11 is 6.24. The predicted octanol–water partition coefficient (Wildman–Crippen LogP) is 1.80. The Labute approximate surface area is 158 Å². The summed E-state index contributed by atoms with van der Waals surface area (Å²) in [5, 5.41) is 9.78. The topological polar surface area (TPSA) is 67.3 Å². The molecule has 1 N–H and O–H groups in total. The molecule has 0 spiro atoms. The van der Waals surface area contributed by atoms with Gasteiger partial charge in [0.2, 0.25) is 5.91 Å². The first-order valence-corrected chi connectivity index (χ1v) is 9.31. The molecule has 8 heteroatoms. The van der Waals surface area contributed by atoms with E-state index in [4.69, 9.17) is 16.7 Å². The van der Waals surface area contributed by atoms with Gasteiger partial charge in [-0.15, -0.1) is 0 Å². The minimum atomic E-state index is -0.847. The largest absolute Gasteiger partial charge is 0.465 e. The van der Waals surface area contributed by atoms with Crippen LogP contribution >= 0.6 is 11.6 Å². The summed E-state index contributed by atoms with van der Waals surface area (Å²) in [6.07, 6.45) is -0.847. The second kappa shape index (κ2) is 8.14. The van der Waals surface area contributed by atoms with Crippen molar-refractivity contribution in [2.24, 2.45) is 0 Å². The van der Waals surface area contributed by atoms with Crippen molar-refractivity contribution in [2.45, 2.75) is 13.5 Å². The van der Waals surface area contributed by atoms with Crippen molar-refractivity contribution in [3.05, 3.63) is 28.8 Å². The van der Waals surface area contributed by atoms with Gasteiger partial charge >= 0.3 is 6.09 Å². The van der Waals surface area contributed by atoms with Gasteiger partial charge in [-0.1, -0.05) is 17.7 Å². The van der Waals surface area contributed by atoms with Crippen LogP contribution in [-0.4, -0.2) is 84.2 Å². The van der Waals surface area contributed by atoms with Crippen molar-refractivity contribution in [3.8, 4) is 0 Å². The van der Waals surface area contributed by atoms with Crippen LogP contribution in [0.1, 0.15) is 12.5 Å². The number of hydrogen-bond donors (Lipinski definition) is 1. The van der Waals surface area contributed by atoms with Gasteiger partial charge in [-0.05, 0) is 17.7 Å². The normalized spacial score (nSPS) is 18.9. The molecule has 2 saturated heterocycles. The average Bonchev–Trinajstić information content (AvgIpc) is 2.63. The first kappa shape index (κ1) is 18.8. The van der Waals surface area contributed by atoms with E-state index in [0.29, 0.717) is 18.1 Å². The molecule has 1 aromatic carbocycles. The Morgan fingerprint density at radius 1 is 1.00 bits per heavy atom. The number of carboxylic acid groups (broad SMARTS) is 1. The smallest absolute Gasteiger partial charge is 0.407 e. The molecular formula is C18H25ClN4O3. The molecule has 0 unspecified atom stereocenters. The number of rotatable bonds is 3. The van der Waals surface area contributed by atoms with Crippen LogP contribution in [0.2, 0.25) is 5.02 Å². The highest BCUT2D eigenvalue weighted by molar-refractivity contribution is 6.30. The van der Waals surface area contributed by atoms with Gasteiger partial charge in [0.05, 0.1) is 0 Å². The van der Waals surface area contributed by atoms with Gasteiger partial charge in [-0.25, -0.2) is 4.79 Å². The van der Waals surface area contributed by atoms with Crippen molar-refractivity contribution >= 4 is 29.3 Å². The lowest BCUT2D eigenvalue weighted by atomic mass is 10.1. The maximum Gasteiger partial charge on any atom is 0.407 e. The highest BCUT2D eigenvalue weighted by atomic mass is 35.5. The standard InChI is InChI=1S/C18H25ClN4O3/c1-14(24)21-8-10-22(11-9-21)17-12-16(19)3-2-15(17)13-20-4-6-23(7-5-20)18(25)26/h2-3,12H,4-11,13H2,1H3,(H,25,26). The van der Waals surface area contributed by atoms with E-state index < -0.39 is 6.09 Å². The molecule has 0 saturated carbocycles. The third-order valence-corrected chi connectivity index (χ3v) is 5.38. The minimum Gasteiger partial charge on any atom is -0.465 e. The number of benzene rings is 1. The summed E-state index contributed by atoms with van der Waals surface area (Å²) in [6.45, 7) is 7.94. The van der Waals surface area contributed by atoms with Crippen LogP contribution in [0.25, 0.3) is 0 Å². The van der Waals surface area contributed by atoms with Gasteiger partial charge in [0, 0.05) is 76.5 Å². The van der Waals surface area contributed by atoms with Crippen LogP contribution in [0.15, 0.2) is 18.2 Å². The second-order valence-corrected chi connectivity index (χ2v) is 7.25. The molecule has 2 heterocycles. The molecule has 26 heavy (non-hydrogen) atoms. The first-order valence-electron chi connectivity index (χ1n) is 8.93. The number of carbonyl (C=O) groups excluding carboxylic acids is 1. The molecule has 0 radical (unpaired) electrons. The van der Waals surface area contributed by atoms with Crippen LogP contribution in [0.3, 0.4) is 0 Å². The lowest BCUT2D eigenvalue weighted by molar-refractivity contribution is -0.129. The van der Waals surface area contributed by atoms with Crippen LogP contribution in [0.5, 0.6) is 0 Å². The van der Waals surface area contributed by atoms with Gasteiger partial charge in [0.15, 0.2) is 0 Å². The van der Waals surface area contributed by atoms with Crippen molar-refractivity contribution in [1.29, 1.82) is 0 Å². The summed E-state index contributed by atoms with van der Waals surface area (Å²) in [5.41, 5.74) is 2.30. The summed E-state index contributed by atoms with van der Waals surface area (Å²) in [4.78, 5) is 30.5. The second-order valence-electron chi connectivity index (χ2n) is 6.81. The van der Waals surface area contributed by atoms with Crippen molar-refractivity contribution in [1.82, 2.24) is 14.7 Å². The third kappa shape index (κ3) is 4.40.